The Morgan fingerprint density at radius 1 is 1.27 bits per heavy atom. The lowest BCUT2D eigenvalue weighted by molar-refractivity contribution is -0.142. The fourth-order valence-corrected chi connectivity index (χ4v) is 3.51. The van der Waals surface area contributed by atoms with Crippen molar-refractivity contribution >= 4 is 34.7 Å². The smallest absolute Gasteiger partial charge is 0.436 e. The first-order chi connectivity index (χ1) is 15.6. The van der Waals surface area contributed by atoms with Gasteiger partial charge in [-0.25, -0.2) is 4.79 Å². The van der Waals surface area contributed by atoms with Crippen molar-refractivity contribution in [3.8, 4) is 0 Å². The molecule has 1 fully saturated rings. The van der Waals surface area contributed by atoms with Gasteiger partial charge in [-0.3, -0.25) is 25.2 Å². The van der Waals surface area contributed by atoms with E-state index in [2.05, 4.69) is 20.0 Å². The highest BCUT2D eigenvalue weighted by molar-refractivity contribution is 6.01. The zero-order chi connectivity index (χ0) is 23.8. The van der Waals surface area contributed by atoms with Gasteiger partial charge in [-0.1, -0.05) is 17.3 Å². The zero-order valence-corrected chi connectivity index (χ0v) is 17.2. The van der Waals surface area contributed by atoms with Crippen LogP contribution in [0.2, 0.25) is 0 Å². The summed E-state index contributed by atoms with van der Waals surface area (Å²) in [5, 5.41) is 7.96. The van der Waals surface area contributed by atoms with Crippen molar-refractivity contribution in [2.24, 2.45) is 0 Å². The molecule has 1 saturated heterocycles. The molecule has 2 N–H and O–H groups in total. The third-order valence-corrected chi connectivity index (χ3v) is 5.12. The summed E-state index contributed by atoms with van der Waals surface area (Å²) in [5.74, 6) is -1.59. The predicted molar refractivity (Wildman–Crippen MR) is 107 cm³/mol. The molecular weight excluding hydrogens is 445 g/mol. The van der Waals surface area contributed by atoms with Crippen LogP contribution in [-0.2, 0) is 27.1 Å². The maximum Gasteiger partial charge on any atom is 0.436 e. The number of amides is 3. The minimum Gasteiger partial charge on any atom is -0.444 e. The fraction of sp³-hybridized carbons (Fsp3) is 0.286. The molecule has 172 valence electrons. The SMILES string of the molecule is Cc1nc2cc(COC(=O)Nc3cc(C(F)(F)F)no3)ccc2cc1C1CCC(=O)NC1=O. The number of carbonyl (C=O) groups excluding carboxylic acids is 3. The molecule has 0 saturated carbocycles. The molecule has 3 amide bonds. The van der Waals surface area contributed by atoms with Gasteiger partial charge in [0.15, 0.2) is 5.69 Å². The molecule has 0 spiro atoms. The number of fused-ring (bicyclic) bond motifs is 1. The van der Waals surface area contributed by atoms with E-state index in [1.54, 1.807) is 25.1 Å². The van der Waals surface area contributed by atoms with Gasteiger partial charge in [-0.2, -0.15) is 13.2 Å². The summed E-state index contributed by atoms with van der Waals surface area (Å²) in [7, 11) is 0. The van der Waals surface area contributed by atoms with E-state index < -0.39 is 29.8 Å². The van der Waals surface area contributed by atoms with E-state index in [-0.39, 0.29) is 24.8 Å². The Morgan fingerprint density at radius 3 is 2.76 bits per heavy atom. The van der Waals surface area contributed by atoms with Crippen molar-refractivity contribution in [1.82, 2.24) is 15.5 Å². The third-order valence-electron chi connectivity index (χ3n) is 5.12. The Kier molecular flexibility index (Phi) is 5.75. The Bertz CT molecular complexity index is 1250. The van der Waals surface area contributed by atoms with E-state index in [0.717, 1.165) is 10.9 Å². The van der Waals surface area contributed by atoms with Crippen LogP contribution < -0.4 is 10.6 Å². The molecule has 1 aliphatic rings. The average Bonchev–Trinajstić information content (AvgIpc) is 3.21. The summed E-state index contributed by atoms with van der Waals surface area (Å²) in [6.45, 7) is 1.60. The van der Waals surface area contributed by atoms with Gasteiger partial charge in [-0.05, 0) is 36.6 Å². The summed E-state index contributed by atoms with van der Waals surface area (Å²) >= 11 is 0. The molecule has 3 aromatic rings. The molecule has 2 aromatic heterocycles. The van der Waals surface area contributed by atoms with Crippen LogP contribution in [0, 0.1) is 6.92 Å². The maximum atomic E-state index is 12.5. The number of carbonyl (C=O) groups is 3. The second-order valence-electron chi connectivity index (χ2n) is 7.47. The number of aryl methyl sites for hydroxylation is 1. The number of imide groups is 1. The monoisotopic (exact) mass is 462 g/mol. The number of ether oxygens (including phenoxy) is 1. The lowest BCUT2D eigenvalue weighted by atomic mass is 9.89. The van der Waals surface area contributed by atoms with Crippen molar-refractivity contribution < 1.29 is 36.8 Å². The molecule has 1 aromatic carbocycles. The highest BCUT2D eigenvalue weighted by Gasteiger charge is 2.35. The first kappa shape index (κ1) is 22.2. The Labute approximate surface area is 184 Å². The van der Waals surface area contributed by atoms with E-state index in [0.29, 0.717) is 29.3 Å². The highest BCUT2D eigenvalue weighted by Crippen LogP contribution is 2.31. The van der Waals surface area contributed by atoms with Gasteiger partial charge in [0, 0.05) is 23.6 Å². The summed E-state index contributed by atoms with van der Waals surface area (Å²) < 4.78 is 47.0. The largest absolute Gasteiger partial charge is 0.444 e. The predicted octanol–water partition coefficient (Wildman–Crippen LogP) is 3.82. The van der Waals surface area contributed by atoms with Crippen LogP contribution in [0.1, 0.15) is 41.3 Å². The summed E-state index contributed by atoms with van der Waals surface area (Å²) in [5.41, 5.74) is 1.30. The Morgan fingerprint density at radius 2 is 2.06 bits per heavy atom. The maximum absolute atomic E-state index is 12.5. The molecule has 4 rings (SSSR count). The first-order valence-corrected chi connectivity index (χ1v) is 9.82. The quantitative estimate of drug-likeness (QED) is 0.565. The summed E-state index contributed by atoms with van der Waals surface area (Å²) in [4.78, 5) is 40.0. The number of hydrogen-bond donors (Lipinski definition) is 2. The van der Waals surface area contributed by atoms with Crippen LogP contribution in [0.25, 0.3) is 10.9 Å². The Balaban J connectivity index is 1.43. The fourth-order valence-electron chi connectivity index (χ4n) is 3.51. The topological polar surface area (TPSA) is 123 Å². The lowest BCUT2D eigenvalue weighted by Crippen LogP contribution is -2.39. The van der Waals surface area contributed by atoms with Gasteiger partial charge in [0.1, 0.15) is 6.61 Å². The number of alkyl halides is 3. The molecule has 12 heteroatoms. The van der Waals surface area contributed by atoms with Gasteiger partial charge < -0.3 is 9.26 Å². The minimum absolute atomic E-state index is 0.169. The summed E-state index contributed by atoms with van der Waals surface area (Å²) in [6, 6.07) is 7.53. The van der Waals surface area contributed by atoms with Crippen LogP contribution in [0.15, 0.2) is 34.9 Å². The van der Waals surface area contributed by atoms with Gasteiger partial charge >= 0.3 is 12.3 Å². The number of nitrogens with one attached hydrogen (secondary N) is 2. The molecule has 1 atom stereocenters. The normalized spacial score (nSPS) is 16.5. The molecule has 0 bridgehead atoms. The molecule has 1 unspecified atom stereocenters. The van der Waals surface area contributed by atoms with Crippen molar-refractivity contribution in [3.05, 3.63) is 52.8 Å². The molecule has 9 nitrogen and oxygen atoms in total. The van der Waals surface area contributed by atoms with Crippen molar-refractivity contribution in [2.45, 2.75) is 38.5 Å². The van der Waals surface area contributed by atoms with Gasteiger partial charge in [-0.15, -0.1) is 0 Å². The van der Waals surface area contributed by atoms with Crippen LogP contribution >= 0.6 is 0 Å². The van der Waals surface area contributed by atoms with Gasteiger partial charge in [0.25, 0.3) is 0 Å². The average molecular weight is 462 g/mol. The van der Waals surface area contributed by atoms with Gasteiger partial charge in [0.05, 0.1) is 11.4 Å². The number of benzene rings is 1. The van der Waals surface area contributed by atoms with Crippen molar-refractivity contribution in [1.29, 1.82) is 0 Å². The van der Waals surface area contributed by atoms with Crippen molar-refractivity contribution in [2.75, 3.05) is 5.32 Å². The zero-order valence-electron chi connectivity index (χ0n) is 17.2. The standard InChI is InChI=1S/C21H17F3N4O5/c1-10-14(13-4-5-17(29)26-19(13)30)7-12-3-2-11(6-15(12)25-10)9-32-20(31)27-18-8-16(28-33-18)21(22,23)24/h2-3,6-8,13H,4-5,9H2,1H3,(H,27,31)(H,26,29,30). The number of anilines is 1. The van der Waals surface area contributed by atoms with Gasteiger partial charge in [0.2, 0.25) is 17.7 Å². The van der Waals surface area contributed by atoms with E-state index in [1.165, 1.54) is 0 Å². The highest BCUT2D eigenvalue weighted by atomic mass is 19.4. The number of aromatic nitrogens is 2. The molecule has 1 aliphatic heterocycles. The molecule has 3 heterocycles. The summed E-state index contributed by atoms with van der Waals surface area (Å²) in [6.07, 6.45) is -5.04. The molecule has 0 aliphatic carbocycles. The third kappa shape index (κ3) is 4.94. The van der Waals surface area contributed by atoms with Crippen LogP contribution in [0.5, 0.6) is 0 Å². The van der Waals surface area contributed by atoms with Crippen LogP contribution in [0.3, 0.4) is 0 Å². The lowest BCUT2D eigenvalue weighted by Gasteiger charge is -2.22. The van der Waals surface area contributed by atoms with Crippen molar-refractivity contribution in [3.63, 3.8) is 0 Å². The van der Waals surface area contributed by atoms with E-state index >= 15 is 0 Å². The minimum atomic E-state index is -4.69. The van der Waals surface area contributed by atoms with E-state index in [1.807, 2.05) is 11.4 Å². The second kappa shape index (κ2) is 8.52. The van der Waals surface area contributed by atoms with E-state index in [9.17, 15) is 27.6 Å². The second-order valence-corrected chi connectivity index (χ2v) is 7.47. The number of rotatable bonds is 4. The number of halogens is 3. The molecule has 0 radical (unpaired) electrons. The number of piperidine rings is 1. The van der Waals surface area contributed by atoms with Crippen LogP contribution in [-0.4, -0.2) is 28.0 Å². The van der Waals surface area contributed by atoms with Crippen LogP contribution in [0.4, 0.5) is 23.8 Å². The van der Waals surface area contributed by atoms with E-state index in [4.69, 9.17) is 4.74 Å². The molecular formula is C21H17F3N4O5. The first-order valence-electron chi connectivity index (χ1n) is 9.82. The Hall–Kier alpha value is -3.96. The number of pyridine rings is 1. The number of hydrogen-bond acceptors (Lipinski definition) is 7. The molecule has 33 heavy (non-hydrogen) atoms. The number of nitrogens with zero attached hydrogens (tertiary/aromatic N) is 2.